The van der Waals surface area contributed by atoms with Crippen LogP contribution in [0, 0.1) is 6.92 Å². The topological polar surface area (TPSA) is 96.8 Å². The molecule has 144 valence electrons. The van der Waals surface area contributed by atoms with Crippen LogP contribution in [0.1, 0.15) is 52.7 Å². The van der Waals surface area contributed by atoms with Crippen molar-refractivity contribution >= 4 is 28.2 Å². The summed E-state index contributed by atoms with van der Waals surface area (Å²) in [6.45, 7) is 4.61. The zero-order valence-electron chi connectivity index (χ0n) is 15.8. The number of nitrogens with zero attached hydrogens (tertiary/aromatic N) is 6. The van der Waals surface area contributed by atoms with Gasteiger partial charge in [-0.2, -0.15) is 0 Å². The lowest BCUT2D eigenvalue weighted by Crippen LogP contribution is -2.31. The molecule has 0 bridgehead atoms. The molecule has 1 saturated heterocycles. The van der Waals surface area contributed by atoms with E-state index >= 15 is 0 Å². The summed E-state index contributed by atoms with van der Waals surface area (Å²) in [6, 6.07) is 5.40. The van der Waals surface area contributed by atoms with E-state index in [0.29, 0.717) is 28.9 Å². The van der Waals surface area contributed by atoms with E-state index in [1.54, 1.807) is 24.5 Å². The summed E-state index contributed by atoms with van der Waals surface area (Å²) in [5.41, 5.74) is 1.43. The maximum absolute atomic E-state index is 12.9. The molecule has 1 aliphatic rings. The molecule has 1 amide bonds. The minimum atomic E-state index is -0.0735. The Morgan fingerprint density at radius 2 is 2.25 bits per heavy atom. The molecule has 0 aromatic carbocycles. The van der Waals surface area contributed by atoms with Crippen LogP contribution in [0.25, 0.3) is 0 Å². The lowest BCUT2D eigenvalue weighted by atomic mass is 10.1. The molecular formula is C19H21N7OS. The average Bonchev–Trinajstić information content (AvgIpc) is 3.37. The van der Waals surface area contributed by atoms with Crippen molar-refractivity contribution < 1.29 is 4.79 Å². The molecule has 1 atom stereocenters. The van der Waals surface area contributed by atoms with Gasteiger partial charge in [-0.3, -0.25) is 9.78 Å². The summed E-state index contributed by atoms with van der Waals surface area (Å²) in [4.78, 5) is 28.0. The van der Waals surface area contributed by atoms with E-state index in [-0.39, 0.29) is 11.9 Å². The molecule has 8 nitrogen and oxygen atoms in total. The highest BCUT2D eigenvalue weighted by Crippen LogP contribution is 2.33. The standard InChI is InChI=1S/C19H21N7OS/c1-3-17-24-25-19(28-17)23-16-10-14(21-12(2)22-16)15-7-5-9-26(15)18(27)13-6-4-8-20-11-13/h4,6,8,10-11,15H,3,5,7,9H2,1-2H3,(H,21,22,23,25)/t15-/m1/s1. The molecule has 1 N–H and O–H groups in total. The van der Waals surface area contributed by atoms with Crippen LogP contribution in [-0.4, -0.2) is 42.5 Å². The summed E-state index contributed by atoms with van der Waals surface area (Å²) in [5.74, 6) is 1.31. The number of amides is 1. The number of pyridine rings is 1. The van der Waals surface area contributed by atoms with Gasteiger partial charge in [-0.05, 0) is 38.3 Å². The first kappa shape index (κ1) is 18.4. The Balaban J connectivity index is 1.59. The second-order valence-corrected chi connectivity index (χ2v) is 7.67. The molecule has 0 saturated carbocycles. The molecular weight excluding hydrogens is 374 g/mol. The van der Waals surface area contributed by atoms with Crippen molar-refractivity contribution in [2.75, 3.05) is 11.9 Å². The van der Waals surface area contributed by atoms with E-state index in [1.165, 1.54) is 11.3 Å². The molecule has 0 radical (unpaired) electrons. The normalized spacial score (nSPS) is 16.4. The molecule has 0 spiro atoms. The van der Waals surface area contributed by atoms with Crippen molar-refractivity contribution in [2.45, 2.75) is 39.2 Å². The van der Waals surface area contributed by atoms with Crippen molar-refractivity contribution in [1.29, 1.82) is 0 Å². The average molecular weight is 395 g/mol. The SMILES string of the molecule is CCc1nnc(Nc2cc([C@H]3CCCN3C(=O)c3cccnc3)nc(C)n2)s1. The fourth-order valence-electron chi connectivity index (χ4n) is 3.35. The Morgan fingerprint density at radius 1 is 1.36 bits per heavy atom. The molecule has 4 heterocycles. The van der Waals surface area contributed by atoms with E-state index in [0.717, 1.165) is 30.0 Å². The van der Waals surface area contributed by atoms with Crippen LogP contribution >= 0.6 is 11.3 Å². The largest absolute Gasteiger partial charge is 0.330 e. The van der Waals surface area contributed by atoms with Crippen molar-refractivity contribution in [1.82, 2.24) is 30.0 Å². The highest BCUT2D eigenvalue weighted by molar-refractivity contribution is 7.15. The van der Waals surface area contributed by atoms with Crippen LogP contribution in [-0.2, 0) is 6.42 Å². The van der Waals surface area contributed by atoms with Crippen LogP contribution in [0.2, 0.25) is 0 Å². The van der Waals surface area contributed by atoms with Gasteiger partial charge in [0.05, 0.1) is 17.3 Å². The second kappa shape index (κ2) is 7.97. The van der Waals surface area contributed by atoms with Crippen LogP contribution in [0.5, 0.6) is 0 Å². The summed E-state index contributed by atoms with van der Waals surface area (Å²) < 4.78 is 0. The molecule has 4 rings (SSSR count). The van der Waals surface area contributed by atoms with Gasteiger partial charge in [0.15, 0.2) is 0 Å². The van der Waals surface area contributed by atoms with Crippen LogP contribution < -0.4 is 5.32 Å². The van der Waals surface area contributed by atoms with Crippen LogP contribution in [0.15, 0.2) is 30.6 Å². The molecule has 3 aromatic heterocycles. The number of likely N-dealkylation sites (tertiary alicyclic amines) is 1. The molecule has 28 heavy (non-hydrogen) atoms. The van der Waals surface area contributed by atoms with E-state index in [1.807, 2.05) is 24.8 Å². The van der Waals surface area contributed by atoms with Gasteiger partial charge in [0.25, 0.3) is 5.91 Å². The molecule has 1 fully saturated rings. The summed E-state index contributed by atoms with van der Waals surface area (Å²) >= 11 is 1.51. The first-order valence-corrected chi connectivity index (χ1v) is 10.1. The van der Waals surface area contributed by atoms with Crippen LogP contribution in [0.3, 0.4) is 0 Å². The van der Waals surface area contributed by atoms with Crippen molar-refractivity contribution in [2.24, 2.45) is 0 Å². The third-order valence-electron chi connectivity index (χ3n) is 4.63. The minimum Gasteiger partial charge on any atom is -0.330 e. The van der Waals surface area contributed by atoms with Crippen molar-refractivity contribution in [3.8, 4) is 0 Å². The Hall–Kier alpha value is -2.94. The van der Waals surface area contributed by atoms with Gasteiger partial charge in [-0.15, -0.1) is 10.2 Å². The smallest absolute Gasteiger partial charge is 0.255 e. The van der Waals surface area contributed by atoms with Crippen LogP contribution in [0.4, 0.5) is 10.9 Å². The number of carbonyl (C=O) groups excluding carboxylic acids is 1. The van der Waals surface area contributed by atoms with Gasteiger partial charge < -0.3 is 10.2 Å². The number of hydrogen-bond donors (Lipinski definition) is 1. The predicted octanol–water partition coefficient (Wildman–Crippen LogP) is 3.31. The molecule has 0 aliphatic carbocycles. The van der Waals surface area contributed by atoms with E-state index in [4.69, 9.17) is 0 Å². The van der Waals surface area contributed by atoms with Gasteiger partial charge in [0.2, 0.25) is 5.13 Å². The van der Waals surface area contributed by atoms with Gasteiger partial charge in [0.1, 0.15) is 16.6 Å². The predicted molar refractivity (Wildman–Crippen MR) is 107 cm³/mol. The zero-order chi connectivity index (χ0) is 19.5. The number of aryl methyl sites for hydroxylation is 2. The lowest BCUT2D eigenvalue weighted by Gasteiger charge is -2.24. The highest BCUT2D eigenvalue weighted by atomic mass is 32.1. The monoisotopic (exact) mass is 395 g/mol. The summed E-state index contributed by atoms with van der Waals surface area (Å²) in [5, 5.41) is 13.2. The Kier molecular flexibility index (Phi) is 5.25. The van der Waals surface area contributed by atoms with E-state index in [2.05, 4.69) is 30.5 Å². The molecule has 1 aliphatic heterocycles. The molecule has 9 heteroatoms. The number of anilines is 2. The first-order valence-electron chi connectivity index (χ1n) is 9.30. The quantitative estimate of drug-likeness (QED) is 0.708. The summed E-state index contributed by atoms with van der Waals surface area (Å²) in [7, 11) is 0. The Labute approximate surface area is 167 Å². The van der Waals surface area contributed by atoms with Crippen molar-refractivity contribution in [3.63, 3.8) is 0 Å². The van der Waals surface area contributed by atoms with Gasteiger partial charge in [-0.1, -0.05) is 18.3 Å². The molecule has 3 aromatic rings. The first-order chi connectivity index (χ1) is 13.6. The summed E-state index contributed by atoms with van der Waals surface area (Å²) in [6.07, 6.45) is 5.94. The zero-order valence-corrected chi connectivity index (χ0v) is 16.6. The highest BCUT2D eigenvalue weighted by Gasteiger charge is 2.32. The van der Waals surface area contributed by atoms with Gasteiger partial charge in [0, 0.05) is 25.0 Å². The van der Waals surface area contributed by atoms with Gasteiger partial charge in [-0.25, -0.2) is 9.97 Å². The van der Waals surface area contributed by atoms with E-state index < -0.39 is 0 Å². The Morgan fingerprint density at radius 3 is 3.00 bits per heavy atom. The fourth-order valence-corrected chi connectivity index (χ4v) is 4.04. The second-order valence-electron chi connectivity index (χ2n) is 6.60. The number of hydrogen-bond acceptors (Lipinski definition) is 8. The van der Waals surface area contributed by atoms with Gasteiger partial charge >= 0.3 is 0 Å². The Bertz CT molecular complexity index is 975. The lowest BCUT2D eigenvalue weighted by molar-refractivity contribution is 0.0732. The number of nitrogens with one attached hydrogen (secondary N) is 1. The number of aromatic nitrogens is 5. The maximum Gasteiger partial charge on any atom is 0.255 e. The minimum absolute atomic E-state index is 0.0157. The van der Waals surface area contributed by atoms with E-state index in [9.17, 15) is 4.79 Å². The van der Waals surface area contributed by atoms with Crippen molar-refractivity contribution in [3.05, 3.63) is 52.7 Å². The fraction of sp³-hybridized carbons (Fsp3) is 0.368. The maximum atomic E-state index is 12.9. The molecule has 0 unspecified atom stereocenters. The number of carbonyl (C=O) groups is 1. The third-order valence-corrected chi connectivity index (χ3v) is 5.61. The third kappa shape index (κ3) is 3.84. The number of rotatable bonds is 5.